The first-order valence-corrected chi connectivity index (χ1v) is 12.8. The molecule has 0 unspecified atom stereocenters. The fourth-order valence-electron chi connectivity index (χ4n) is 3.71. The number of benzene rings is 2. The fourth-order valence-corrected chi connectivity index (χ4v) is 5.80. The Kier molecular flexibility index (Phi) is 9.08. The number of aromatic nitrogens is 1. The quantitative estimate of drug-likeness (QED) is 0.434. The molecule has 0 saturated carbocycles. The minimum atomic E-state index is -0.00101. The number of thioether (sulfide) groups is 1. The molecule has 172 valence electrons. The number of amides is 1. The SMILES string of the molecule is CCSc1cccc(C(=O)NCCN2CCN(c3nc4c(C)ccc(Cl)c4s3)CC2)c1.Cl. The maximum Gasteiger partial charge on any atom is 0.251 e. The van der Waals surface area contributed by atoms with E-state index in [4.69, 9.17) is 16.6 Å². The molecule has 32 heavy (non-hydrogen) atoms. The van der Waals surface area contributed by atoms with Gasteiger partial charge in [-0.25, -0.2) is 4.98 Å². The highest BCUT2D eigenvalue weighted by molar-refractivity contribution is 7.99. The first kappa shape index (κ1) is 25.1. The van der Waals surface area contributed by atoms with Crippen molar-refractivity contribution in [3.05, 3.63) is 52.5 Å². The van der Waals surface area contributed by atoms with Gasteiger partial charge in [0.2, 0.25) is 0 Å². The minimum Gasteiger partial charge on any atom is -0.351 e. The first-order valence-electron chi connectivity index (χ1n) is 10.6. The Hall–Kier alpha value is -1.51. The highest BCUT2D eigenvalue weighted by Gasteiger charge is 2.21. The van der Waals surface area contributed by atoms with Gasteiger partial charge in [0.05, 0.1) is 15.2 Å². The van der Waals surface area contributed by atoms with Crippen molar-refractivity contribution in [3.63, 3.8) is 0 Å². The number of rotatable bonds is 7. The molecule has 1 amide bonds. The number of carbonyl (C=O) groups is 1. The second-order valence-electron chi connectivity index (χ2n) is 7.58. The van der Waals surface area contributed by atoms with E-state index in [1.807, 2.05) is 36.4 Å². The Morgan fingerprint density at radius 1 is 1.22 bits per heavy atom. The van der Waals surface area contributed by atoms with Gasteiger partial charge in [-0.2, -0.15) is 0 Å². The van der Waals surface area contributed by atoms with Crippen molar-refractivity contribution in [3.8, 4) is 0 Å². The summed E-state index contributed by atoms with van der Waals surface area (Å²) in [5.41, 5.74) is 2.90. The number of piperazine rings is 1. The Morgan fingerprint density at radius 2 is 2.00 bits per heavy atom. The highest BCUT2D eigenvalue weighted by Crippen LogP contribution is 2.35. The number of thiazole rings is 1. The van der Waals surface area contributed by atoms with Crippen LogP contribution >= 0.6 is 47.1 Å². The zero-order valence-corrected chi connectivity index (χ0v) is 21.5. The summed E-state index contributed by atoms with van der Waals surface area (Å²) in [5.74, 6) is 1.000. The van der Waals surface area contributed by atoms with Crippen LogP contribution in [0.1, 0.15) is 22.8 Å². The molecule has 2 aromatic carbocycles. The molecule has 0 aliphatic carbocycles. The van der Waals surface area contributed by atoms with E-state index in [0.717, 1.165) is 74.9 Å². The zero-order chi connectivity index (χ0) is 21.8. The number of nitrogens with one attached hydrogen (secondary N) is 1. The molecule has 3 aromatic rings. The average Bonchev–Trinajstić information content (AvgIpc) is 3.24. The number of carbonyl (C=O) groups excluding carboxylic acids is 1. The Morgan fingerprint density at radius 3 is 2.72 bits per heavy atom. The predicted molar refractivity (Wildman–Crippen MR) is 140 cm³/mol. The van der Waals surface area contributed by atoms with Gasteiger partial charge in [-0.3, -0.25) is 9.69 Å². The summed E-state index contributed by atoms with van der Waals surface area (Å²) in [6.07, 6.45) is 0. The smallest absolute Gasteiger partial charge is 0.251 e. The van der Waals surface area contributed by atoms with Crippen molar-refractivity contribution in [2.24, 2.45) is 0 Å². The summed E-state index contributed by atoms with van der Waals surface area (Å²) in [7, 11) is 0. The molecule has 0 spiro atoms. The molecule has 1 N–H and O–H groups in total. The molecule has 0 radical (unpaired) electrons. The lowest BCUT2D eigenvalue weighted by Crippen LogP contribution is -2.48. The van der Waals surface area contributed by atoms with Crippen molar-refractivity contribution >= 4 is 68.4 Å². The van der Waals surface area contributed by atoms with Crippen molar-refractivity contribution in [2.75, 3.05) is 49.9 Å². The van der Waals surface area contributed by atoms with Gasteiger partial charge in [0.25, 0.3) is 5.91 Å². The van der Waals surface area contributed by atoms with E-state index in [1.165, 1.54) is 0 Å². The van der Waals surface area contributed by atoms with Crippen molar-refractivity contribution < 1.29 is 4.79 Å². The van der Waals surface area contributed by atoms with Crippen LogP contribution in [0.25, 0.3) is 10.2 Å². The van der Waals surface area contributed by atoms with Crippen molar-refractivity contribution in [1.29, 1.82) is 0 Å². The van der Waals surface area contributed by atoms with Crippen LogP contribution in [0.15, 0.2) is 41.3 Å². The number of nitrogens with zero attached hydrogens (tertiary/aromatic N) is 3. The van der Waals surface area contributed by atoms with Gasteiger partial charge in [-0.1, -0.05) is 42.0 Å². The lowest BCUT2D eigenvalue weighted by molar-refractivity contribution is 0.0947. The Bertz CT molecular complexity index is 1030. The molecule has 5 nitrogen and oxygen atoms in total. The minimum absolute atomic E-state index is 0. The maximum absolute atomic E-state index is 12.5. The van der Waals surface area contributed by atoms with Gasteiger partial charge in [0.15, 0.2) is 5.13 Å². The molecule has 0 atom stereocenters. The Labute approximate surface area is 208 Å². The zero-order valence-electron chi connectivity index (χ0n) is 18.3. The van der Waals surface area contributed by atoms with Crippen LogP contribution in [0.5, 0.6) is 0 Å². The molecule has 4 rings (SSSR count). The molecule has 2 heterocycles. The summed E-state index contributed by atoms with van der Waals surface area (Å²) in [6, 6.07) is 11.8. The lowest BCUT2D eigenvalue weighted by Gasteiger charge is -2.34. The average molecular weight is 512 g/mol. The molecular formula is C23H28Cl2N4OS2. The van der Waals surface area contributed by atoms with Crippen LogP contribution < -0.4 is 10.2 Å². The maximum atomic E-state index is 12.5. The van der Waals surface area contributed by atoms with Crippen LogP contribution in [0.3, 0.4) is 0 Å². The van der Waals surface area contributed by atoms with E-state index in [-0.39, 0.29) is 18.3 Å². The van der Waals surface area contributed by atoms with Crippen LogP contribution in [0.4, 0.5) is 5.13 Å². The van der Waals surface area contributed by atoms with Gasteiger partial charge in [0.1, 0.15) is 0 Å². The number of hydrogen-bond acceptors (Lipinski definition) is 6. The van der Waals surface area contributed by atoms with E-state index in [9.17, 15) is 4.79 Å². The molecule has 0 bridgehead atoms. The molecule has 1 saturated heterocycles. The number of fused-ring (bicyclic) bond motifs is 1. The first-order chi connectivity index (χ1) is 15.0. The second-order valence-corrected chi connectivity index (χ2v) is 10.3. The van der Waals surface area contributed by atoms with Gasteiger partial charge in [0, 0.05) is 49.7 Å². The normalized spacial score (nSPS) is 14.4. The van der Waals surface area contributed by atoms with Gasteiger partial charge in [-0.15, -0.1) is 24.2 Å². The largest absolute Gasteiger partial charge is 0.351 e. The predicted octanol–water partition coefficient (Wildman–Crippen LogP) is 5.34. The summed E-state index contributed by atoms with van der Waals surface area (Å²) in [4.78, 5) is 23.2. The van der Waals surface area contributed by atoms with Crippen LogP contribution in [-0.2, 0) is 0 Å². The van der Waals surface area contributed by atoms with Crippen molar-refractivity contribution in [2.45, 2.75) is 18.7 Å². The van der Waals surface area contributed by atoms with E-state index >= 15 is 0 Å². The topological polar surface area (TPSA) is 48.5 Å². The van der Waals surface area contributed by atoms with Crippen LogP contribution in [0.2, 0.25) is 5.02 Å². The van der Waals surface area contributed by atoms with E-state index in [0.29, 0.717) is 6.54 Å². The Balaban J connectivity index is 0.00000289. The molecule has 1 aliphatic heterocycles. The number of anilines is 1. The summed E-state index contributed by atoms with van der Waals surface area (Å²) < 4.78 is 1.07. The molecule has 9 heteroatoms. The summed E-state index contributed by atoms with van der Waals surface area (Å²) >= 11 is 9.79. The van der Waals surface area contributed by atoms with Gasteiger partial charge >= 0.3 is 0 Å². The van der Waals surface area contributed by atoms with E-state index < -0.39 is 0 Å². The number of halogens is 2. The molecular weight excluding hydrogens is 483 g/mol. The van der Waals surface area contributed by atoms with Crippen molar-refractivity contribution in [1.82, 2.24) is 15.2 Å². The third kappa shape index (κ3) is 5.88. The van der Waals surface area contributed by atoms with E-state index in [1.54, 1.807) is 23.1 Å². The molecule has 1 fully saturated rings. The van der Waals surface area contributed by atoms with Gasteiger partial charge in [-0.05, 0) is 42.5 Å². The summed E-state index contributed by atoms with van der Waals surface area (Å²) in [6.45, 7) is 9.48. The third-order valence-corrected chi connectivity index (χ3v) is 7.90. The fraction of sp³-hybridized carbons (Fsp3) is 0.391. The third-order valence-electron chi connectivity index (χ3n) is 5.45. The van der Waals surface area contributed by atoms with Crippen LogP contribution in [0, 0.1) is 6.92 Å². The lowest BCUT2D eigenvalue weighted by atomic mass is 10.2. The van der Waals surface area contributed by atoms with E-state index in [2.05, 4.69) is 29.0 Å². The molecule has 1 aliphatic rings. The molecule has 1 aromatic heterocycles. The monoisotopic (exact) mass is 510 g/mol. The van der Waals surface area contributed by atoms with Gasteiger partial charge < -0.3 is 10.2 Å². The highest BCUT2D eigenvalue weighted by atomic mass is 35.5. The summed E-state index contributed by atoms with van der Waals surface area (Å²) in [5, 5.41) is 4.88. The van der Waals surface area contributed by atoms with Crippen LogP contribution in [-0.4, -0.2) is 60.8 Å². The number of aryl methyl sites for hydroxylation is 1. The number of hydrogen-bond donors (Lipinski definition) is 1. The second kappa shape index (κ2) is 11.6. The standard InChI is InChI=1S/C23H27ClN4OS2.ClH/c1-3-30-18-6-4-5-17(15-18)22(29)25-9-10-27-11-13-28(14-12-27)23-26-20-16(2)7-8-19(24)21(20)31-23;/h4-8,15H,3,9-14H2,1-2H3,(H,25,29);1H.